The molecule has 218 valence electrons. The summed E-state index contributed by atoms with van der Waals surface area (Å²) in [6.45, 7) is 4.42. The third kappa shape index (κ3) is 7.20. The van der Waals surface area contributed by atoms with E-state index < -0.39 is 27.9 Å². The second kappa shape index (κ2) is 13.4. The highest BCUT2D eigenvalue weighted by atomic mass is 32.2. The number of nitrogens with one attached hydrogen (secondary N) is 2. The molecule has 4 rings (SSSR count). The van der Waals surface area contributed by atoms with Gasteiger partial charge in [0.1, 0.15) is 5.00 Å². The minimum absolute atomic E-state index is 0.0934. The number of unbranched alkanes of at least 4 members (excludes halogenated alkanes) is 1. The molecule has 3 amide bonds. The average molecular weight is 599 g/mol. The Morgan fingerprint density at radius 1 is 1.05 bits per heavy atom. The summed E-state index contributed by atoms with van der Waals surface area (Å²) in [7, 11) is -0.971. The number of amides is 3. The van der Waals surface area contributed by atoms with Crippen molar-refractivity contribution in [2.24, 2.45) is 0 Å². The monoisotopic (exact) mass is 598 g/mol. The Morgan fingerprint density at radius 3 is 2.41 bits per heavy atom. The maximum absolute atomic E-state index is 13.2. The van der Waals surface area contributed by atoms with Gasteiger partial charge in [-0.2, -0.15) is 0 Å². The van der Waals surface area contributed by atoms with Crippen LogP contribution >= 0.6 is 11.3 Å². The average Bonchev–Trinajstić information content (AvgIpc) is 3.33. The molecule has 0 atom stereocenters. The molecule has 10 nitrogen and oxygen atoms in total. The first-order chi connectivity index (χ1) is 19.6. The van der Waals surface area contributed by atoms with Crippen molar-refractivity contribution in [3.8, 4) is 0 Å². The molecule has 2 aromatic carbocycles. The zero-order valence-electron chi connectivity index (χ0n) is 23.3. The van der Waals surface area contributed by atoms with Gasteiger partial charge in [-0.25, -0.2) is 17.5 Å². The van der Waals surface area contributed by atoms with Crippen molar-refractivity contribution in [3.05, 3.63) is 81.7 Å². The van der Waals surface area contributed by atoms with Gasteiger partial charge < -0.3 is 10.1 Å². The number of methoxy groups -OCH3 is 1. The van der Waals surface area contributed by atoms with Crippen LogP contribution in [-0.4, -0.2) is 62.8 Å². The van der Waals surface area contributed by atoms with Crippen LogP contribution in [0.2, 0.25) is 0 Å². The molecule has 0 aliphatic carbocycles. The summed E-state index contributed by atoms with van der Waals surface area (Å²) in [5.41, 5.74) is 2.43. The molecule has 0 saturated heterocycles. The predicted molar refractivity (Wildman–Crippen MR) is 158 cm³/mol. The molecule has 1 aromatic heterocycles. The second-order valence-electron chi connectivity index (χ2n) is 9.76. The van der Waals surface area contributed by atoms with Crippen LogP contribution < -0.4 is 10.6 Å². The Kier molecular flexibility index (Phi) is 9.92. The Labute approximate surface area is 244 Å². The van der Waals surface area contributed by atoms with Gasteiger partial charge in [-0.3, -0.25) is 19.8 Å². The molecule has 41 heavy (non-hydrogen) atoms. The van der Waals surface area contributed by atoms with Crippen LogP contribution in [0.25, 0.3) is 0 Å². The molecule has 0 radical (unpaired) electrons. The van der Waals surface area contributed by atoms with E-state index >= 15 is 0 Å². The number of imide groups is 1. The molecule has 0 unspecified atom stereocenters. The number of hydrogen-bond acceptors (Lipinski definition) is 8. The molecular formula is C29H34N4O6S2. The number of hydrogen-bond donors (Lipinski definition) is 2. The van der Waals surface area contributed by atoms with Crippen molar-refractivity contribution < 1.29 is 27.5 Å². The van der Waals surface area contributed by atoms with E-state index in [2.05, 4.69) is 32.4 Å². The van der Waals surface area contributed by atoms with Crippen molar-refractivity contribution in [3.63, 3.8) is 0 Å². The Morgan fingerprint density at radius 2 is 1.76 bits per heavy atom. The van der Waals surface area contributed by atoms with Gasteiger partial charge in [-0.1, -0.05) is 43.7 Å². The minimum atomic E-state index is -3.67. The van der Waals surface area contributed by atoms with E-state index in [0.717, 1.165) is 29.8 Å². The fraction of sp³-hybridized carbons (Fsp3) is 0.345. The topological polar surface area (TPSA) is 125 Å². The number of carbonyl (C=O) groups is 3. The quantitative estimate of drug-likeness (QED) is 0.353. The van der Waals surface area contributed by atoms with Gasteiger partial charge in [-0.05, 0) is 48.2 Å². The largest absolute Gasteiger partial charge is 0.453 e. The molecule has 1 aliphatic rings. The summed E-state index contributed by atoms with van der Waals surface area (Å²) in [6.07, 6.45) is 1.29. The van der Waals surface area contributed by atoms with Crippen molar-refractivity contribution in [1.82, 2.24) is 14.5 Å². The lowest BCUT2D eigenvalue weighted by atomic mass is 10.0. The predicted octanol–water partition coefficient (Wildman–Crippen LogP) is 4.48. The summed E-state index contributed by atoms with van der Waals surface area (Å²) in [6, 6.07) is 15.8. The zero-order valence-corrected chi connectivity index (χ0v) is 24.9. The van der Waals surface area contributed by atoms with E-state index in [0.29, 0.717) is 31.1 Å². The smallest absolute Gasteiger partial charge is 0.413 e. The number of ether oxygens (including phenoxy) is 1. The minimum Gasteiger partial charge on any atom is -0.453 e. The van der Waals surface area contributed by atoms with Crippen molar-refractivity contribution in [2.45, 2.75) is 44.2 Å². The van der Waals surface area contributed by atoms with Crippen LogP contribution in [-0.2, 0) is 34.3 Å². The molecule has 3 aromatic rings. The van der Waals surface area contributed by atoms with Gasteiger partial charge in [0, 0.05) is 43.7 Å². The van der Waals surface area contributed by atoms with Gasteiger partial charge in [0.05, 0.1) is 17.6 Å². The number of benzene rings is 2. The maximum Gasteiger partial charge on any atom is 0.413 e. The lowest BCUT2D eigenvalue weighted by Gasteiger charge is -2.27. The molecule has 0 spiro atoms. The van der Waals surface area contributed by atoms with Crippen LogP contribution in [0.1, 0.15) is 56.5 Å². The normalized spacial score (nSPS) is 13.5. The third-order valence-electron chi connectivity index (χ3n) is 6.89. The fourth-order valence-corrected chi connectivity index (χ4v) is 7.09. The van der Waals surface area contributed by atoms with Gasteiger partial charge in [0.25, 0.3) is 11.8 Å². The summed E-state index contributed by atoms with van der Waals surface area (Å²) in [5.74, 6) is -1.15. The first kappa shape index (κ1) is 30.4. The van der Waals surface area contributed by atoms with Gasteiger partial charge in [0.15, 0.2) is 0 Å². The number of sulfonamides is 1. The van der Waals surface area contributed by atoms with Crippen LogP contribution in [0.4, 0.5) is 9.80 Å². The van der Waals surface area contributed by atoms with Crippen LogP contribution in [0.15, 0.2) is 59.5 Å². The van der Waals surface area contributed by atoms with E-state index in [-0.39, 0.29) is 16.0 Å². The number of carbonyl (C=O) groups excluding carboxylic acids is 3. The number of fused-ring (bicyclic) bond motifs is 1. The van der Waals surface area contributed by atoms with Gasteiger partial charge >= 0.3 is 6.09 Å². The van der Waals surface area contributed by atoms with E-state index in [9.17, 15) is 22.8 Å². The van der Waals surface area contributed by atoms with Gasteiger partial charge in [-0.15, -0.1) is 11.3 Å². The van der Waals surface area contributed by atoms with Crippen molar-refractivity contribution in [1.29, 1.82) is 0 Å². The van der Waals surface area contributed by atoms with E-state index in [1.54, 1.807) is 0 Å². The number of rotatable bonds is 10. The van der Waals surface area contributed by atoms with Gasteiger partial charge in [0.2, 0.25) is 10.0 Å². The summed E-state index contributed by atoms with van der Waals surface area (Å²) >= 11 is 1.29. The highest BCUT2D eigenvalue weighted by Gasteiger charge is 2.30. The molecular weight excluding hydrogens is 564 g/mol. The number of thiophene rings is 1. The Bertz CT molecular complexity index is 1500. The van der Waals surface area contributed by atoms with E-state index in [1.165, 1.54) is 59.6 Å². The number of nitrogens with zero attached hydrogens (tertiary/aromatic N) is 2. The molecule has 12 heteroatoms. The van der Waals surface area contributed by atoms with Crippen molar-refractivity contribution >= 4 is 44.3 Å². The molecule has 0 bridgehead atoms. The maximum atomic E-state index is 13.2. The van der Waals surface area contributed by atoms with Crippen LogP contribution in [0.3, 0.4) is 0 Å². The summed E-state index contributed by atoms with van der Waals surface area (Å²) in [5, 5.41) is 5.34. The molecule has 0 saturated carbocycles. The lowest BCUT2D eigenvalue weighted by Crippen LogP contribution is -2.33. The highest BCUT2D eigenvalue weighted by Crippen LogP contribution is 2.38. The highest BCUT2D eigenvalue weighted by molar-refractivity contribution is 7.89. The van der Waals surface area contributed by atoms with E-state index in [4.69, 9.17) is 0 Å². The first-order valence-electron chi connectivity index (χ1n) is 13.3. The van der Waals surface area contributed by atoms with Crippen molar-refractivity contribution in [2.75, 3.05) is 32.6 Å². The number of anilines is 1. The molecule has 1 aliphatic heterocycles. The summed E-state index contributed by atoms with van der Waals surface area (Å²) < 4.78 is 31.6. The van der Waals surface area contributed by atoms with E-state index in [1.807, 2.05) is 25.1 Å². The molecule has 0 fully saturated rings. The molecule has 2 N–H and O–H groups in total. The standard InChI is InChI=1S/C29H34N4O6S2/c1-4-5-16-32(2)41(37,38)22-13-11-21(12-14-22)26(34)30-28-25(27(35)31-29(36)39-3)23-15-17-33(19-24(23)40-28)18-20-9-7-6-8-10-20/h6-14H,4-5,15-19H2,1-3H3,(H,30,34)(H,31,35,36). The lowest BCUT2D eigenvalue weighted by molar-refractivity contribution is 0.0936. The zero-order chi connectivity index (χ0) is 29.6. The second-order valence-corrected chi connectivity index (χ2v) is 12.9. The molecule has 2 heterocycles. The SMILES string of the molecule is CCCCN(C)S(=O)(=O)c1ccc(C(=O)Nc2sc3c(c2C(=O)NC(=O)OC)CCN(Cc2ccccc2)C3)cc1. The first-order valence-corrected chi connectivity index (χ1v) is 15.6. The summed E-state index contributed by atoms with van der Waals surface area (Å²) in [4.78, 5) is 41.4. The van der Waals surface area contributed by atoms with Crippen LogP contribution in [0, 0.1) is 0 Å². The number of alkyl carbamates (subject to hydrolysis) is 1. The fourth-order valence-electron chi connectivity index (χ4n) is 4.60. The Balaban J connectivity index is 1.56. The Hall–Kier alpha value is -3.58. The third-order valence-corrected chi connectivity index (χ3v) is 9.89. The van der Waals surface area contributed by atoms with Crippen LogP contribution in [0.5, 0.6) is 0 Å².